The molecular weight excluding hydrogens is 374 g/mol. The number of carbonyl (C=O) groups is 2. The summed E-state index contributed by atoms with van der Waals surface area (Å²) in [6.07, 6.45) is 2.94. The number of hydrogen-bond donors (Lipinski definition) is 1. The van der Waals surface area contributed by atoms with E-state index in [1.165, 1.54) is 23.1 Å². The van der Waals surface area contributed by atoms with E-state index in [2.05, 4.69) is 20.8 Å². The molecule has 1 aliphatic rings. The van der Waals surface area contributed by atoms with E-state index >= 15 is 0 Å². The Kier molecular flexibility index (Phi) is 5.92. The number of amides is 1. The second kappa shape index (κ2) is 8.17. The second-order valence-electron chi connectivity index (χ2n) is 5.90. The Hall–Kier alpha value is -1.94. The monoisotopic (exact) mass is 395 g/mol. The highest BCUT2D eigenvalue weighted by Gasteiger charge is 2.28. The van der Waals surface area contributed by atoms with Gasteiger partial charge in [-0.25, -0.2) is 9.48 Å². The number of hydrogen-bond acceptors (Lipinski definition) is 8. The fourth-order valence-corrected chi connectivity index (χ4v) is 4.45. The first kappa shape index (κ1) is 18.8. The van der Waals surface area contributed by atoms with E-state index in [-0.39, 0.29) is 11.7 Å². The Bertz CT molecular complexity index is 813. The first-order valence-corrected chi connectivity index (χ1v) is 10.3. The number of esters is 1. The molecule has 140 valence electrons. The molecule has 0 atom stereocenters. The molecular formula is C16H21N5O3S2. The molecule has 1 N–H and O–H groups in total. The number of aromatic nitrogens is 4. The fourth-order valence-electron chi connectivity index (χ4n) is 2.56. The van der Waals surface area contributed by atoms with Crippen LogP contribution in [0.15, 0.2) is 5.16 Å². The molecule has 2 heterocycles. The number of rotatable bonds is 8. The molecule has 0 aliphatic heterocycles. The number of ether oxygens (including phenoxy) is 1. The van der Waals surface area contributed by atoms with Crippen LogP contribution in [0.3, 0.4) is 0 Å². The zero-order valence-corrected chi connectivity index (χ0v) is 16.6. The van der Waals surface area contributed by atoms with E-state index in [9.17, 15) is 9.59 Å². The van der Waals surface area contributed by atoms with Crippen LogP contribution in [0.5, 0.6) is 0 Å². The molecule has 8 nitrogen and oxygen atoms in total. The number of anilines is 1. The Morgan fingerprint density at radius 3 is 2.81 bits per heavy atom. The summed E-state index contributed by atoms with van der Waals surface area (Å²) in [4.78, 5) is 25.7. The van der Waals surface area contributed by atoms with Gasteiger partial charge in [0.2, 0.25) is 11.1 Å². The zero-order chi connectivity index (χ0) is 18.7. The number of nitrogens with zero attached hydrogens (tertiary/aromatic N) is 4. The van der Waals surface area contributed by atoms with Crippen LogP contribution in [-0.2, 0) is 16.0 Å². The highest BCUT2D eigenvalue weighted by Crippen LogP contribution is 2.37. The van der Waals surface area contributed by atoms with Crippen molar-refractivity contribution in [3.05, 3.63) is 16.0 Å². The Balaban J connectivity index is 1.68. The van der Waals surface area contributed by atoms with Gasteiger partial charge >= 0.3 is 5.97 Å². The van der Waals surface area contributed by atoms with E-state index < -0.39 is 5.97 Å². The largest absolute Gasteiger partial charge is 0.462 e. The number of tetrazole rings is 1. The van der Waals surface area contributed by atoms with Crippen LogP contribution in [0.1, 0.15) is 53.5 Å². The molecule has 0 spiro atoms. The van der Waals surface area contributed by atoms with Gasteiger partial charge < -0.3 is 10.1 Å². The molecule has 10 heteroatoms. The van der Waals surface area contributed by atoms with Crippen molar-refractivity contribution in [1.82, 2.24) is 20.2 Å². The number of aryl methyl sites for hydroxylation is 1. The lowest BCUT2D eigenvalue weighted by Crippen LogP contribution is -2.17. The smallest absolute Gasteiger partial charge is 0.341 e. The summed E-state index contributed by atoms with van der Waals surface area (Å²) in [5.74, 6) is -0.426. The number of thiophene rings is 1. The van der Waals surface area contributed by atoms with E-state index in [0.717, 1.165) is 29.7 Å². The summed E-state index contributed by atoms with van der Waals surface area (Å²) in [7, 11) is 0. The van der Waals surface area contributed by atoms with E-state index in [1.807, 2.05) is 13.8 Å². The minimum Gasteiger partial charge on any atom is -0.462 e. The maximum absolute atomic E-state index is 12.4. The predicted molar refractivity (Wildman–Crippen MR) is 99.8 cm³/mol. The lowest BCUT2D eigenvalue weighted by molar-refractivity contribution is -0.113. The van der Waals surface area contributed by atoms with E-state index in [4.69, 9.17) is 4.74 Å². The topological polar surface area (TPSA) is 99.0 Å². The molecule has 3 rings (SSSR count). The molecule has 2 aromatic heterocycles. The van der Waals surface area contributed by atoms with Crippen LogP contribution < -0.4 is 5.32 Å². The molecule has 1 fully saturated rings. The highest BCUT2D eigenvalue weighted by atomic mass is 32.2. The van der Waals surface area contributed by atoms with Gasteiger partial charge in [-0.05, 0) is 49.1 Å². The Labute approximate surface area is 159 Å². The minimum atomic E-state index is -0.401. The quantitative estimate of drug-likeness (QED) is 0.542. The lowest BCUT2D eigenvalue weighted by atomic mass is 10.1. The molecule has 0 unspecified atom stereocenters. The van der Waals surface area contributed by atoms with Crippen molar-refractivity contribution >= 4 is 40.0 Å². The van der Waals surface area contributed by atoms with E-state index in [1.54, 1.807) is 11.6 Å². The Morgan fingerprint density at radius 2 is 2.15 bits per heavy atom. The molecule has 1 aliphatic carbocycles. The summed E-state index contributed by atoms with van der Waals surface area (Å²) >= 11 is 2.72. The van der Waals surface area contributed by atoms with Crippen LogP contribution in [-0.4, -0.2) is 44.4 Å². The van der Waals surface area contributed by atoms with Crippen LogP contribution >= 0.6 is 23.1 Å². The van der Waals surface area contributed by atoms with Crippen molar-refractivity contribution in [2.45, 2.75) is 51.2 Å². The standard InChI is InChI=1S/C16H21N5O3S2/c1-4-11-9(3)13(15(23)24-5-2)14(26-11)17-12(22)8-25-16-18-19-20-21(16)10-6-7-10/h10H,4-8H2,1-3H3,(H,17,22). The molecule has 1 amide bonds. The summed E-state index contributed by atoms with van der Waals surface area (Å²) in [5, 5.41) is 15.7. The average molecular weight is 396 g/mol. The normalized spacial score (nSPS) is 13.7. The van der Waals surface area contributed by atoms with Gasteiger partial charge in [0, 0.05) is 4.88 Å². The fraction of sp³-hybridized carbons (Fsp3) is 0.562. The van der Waals surface area contributed by atoms with Gasteiger partial charge in [-0.3, -0.25) is 4.79 Å². The first-order valence-electron chi connectivity index (χ1n) is 8.55. The molecule has 0 saturated heterocycles. The van der Waals surface area contributed by atoms with Gasteiger partial charge in [0.25, 0.3) is 0 Å². The molecule has 0 aromatic carbocycles. The maximum Gasteiger partial charge on any atom is 0.341 e. The van der Waals surface area contributed by atoms with Crippen molar-refractivity contribution in [3.63, 3.8) is 0 Å². The van der Waals surface area contributed by atoms with Gasteiger partial charge in [-0.15, -0.1) is 16.4 Å². The van der Waals surface area contributed by atoms with Crippen LogP contribution in [0.4, 0.5) is 5.00 Å². The summed E-state index contributed by atoms with van der Waals surface area (Å²) in [5.41, 5.74) is 1.33. The second-order valence-corrected chi connectivity index (χ2v) is 7.95. The maximum atomic E-state index is 12.4. The highest BCUT2D eigenvalue weighted by molar-refractivity contribution is 7.99. The van der Waals surface area contributed by atoms with Gasteiger partial charge in [-0.1, -0.05) is 18.7 Å². The van der Waals surface area contributed by atoms with Crippen LogP contribution in [0.25, 0.3) is 0 Å². The average Bonchev–Trinajstić information content (AvgIpc) is 3.26. The minimum absolute atomic E-state index is 0.174. The number of thioether (sulfide) groups is 1. The van der Waals surface area contributed by atoms with E-state index in [0.29, 0.717) is 28.4 Å². The molecule has 0 radical (unpaired) electrons. The van der Waals surface area contributed by atoms with Crippen molar-refractivity contribution in [2.24, 2.45) is 0 Å². The van der Waals surface area contributed by atoms with Crippen molar-refractivity contribution in [1.29, 1.82) is 0 Å². The van der Waals surface area contributed by atoms with Crippen LogP contribution in [0, 0.1) is 6.92 Å². The third-order valence-corrected chi connectivity index (χ3v) is 6.27. The first-order chi connectivity index (χ1) is 12.5. The van der Waals surface area contributed by atoms with Crippen molar-refractivity contribution < 1.29 is 14.3 Å². The summed E-state index contributed by atoms with van der Waals surface area (Å²) < 4.78 is 6.91. The molecule has 0 bridgehead atoms. The molecule has 1 saturated carbocycles. The van der Waals surface area contributed by atoms with Gasteiger partial charge in [0.1, 0.15) is 5.00 Å². The Morgan fingerprint density at radius 1 is 1.38 bits per heavy atom. The molecule has 2 aromatic rings. The third-order valence-electron chi connectivity index (χ3n) is 3.99. The predicted octanol–water partition coefficient (Wildman–Crippen LogP) is 2.85. The van der Waals surface area contributed by atoms with Gasteiger partial charge in [-0.2, -0.15) is 0 Å². The summed E-state index contributed by atoms with van der Waals surface area (Å²) in [6.45, 7) is 5.96. The van der Waals surface area contributed by atoms with Gasteiger partial charge in [0.15, 0.2) is 0 Å². The number of nitrogens with one attached hydrogen (secondary N) is 1. The van der Waals surface area contributed by atoms with Crippen molar-refractivity contribution in [2.75, 3.05) is 17.7 Å². The number of carbonyl (C=O) groups excluding carboxylic acids is 2. The van der Waals surface area contributed by atoms with Gasteiger partial charge in [0.05, 0.1) is 24.0 Å². The third kappa shape index (κ3) is 4.07. The summed E-state index contributed by atoms with van der Waals surface area (Å²) in [6, 6.07) is 0.359. The van der Waals surface area contributed by atoms with Crippen molar-refractivity contribution in [3.8, 4) is 0 Å². The SMILES string of the molecule is CCOC(=O)c1c(NC(=O)CSc2nnnn2C2CC2)sc(CC)c1C. The lowest BCUT2D eigenvalue weighted by Gasteiger charge is -2.07. The molecule has 26 heavy (non-hydrogen) atoms. The van der Waals surface area contributed by atoms with Crippen LogP contribution in [0.2, 0.25) is 0 Å². The zero-order valence-electron chi connectivity index (χ0n) is 14.9.